The molecular weight excluding hydrogens is 355 g/mol. The van der Waals surface area contributed by atoms with E-state index in [2.05, 4.69) is 17.2 Å². The van der Waals surface area contributed by atoms with Crippen LogP contribution in [0.4, 0.5) is 9.39 Å². The van der Waals surface area contributed by atoms with Gasteiger partial charge in [-0.25, -0.2) is 9.87 Å². The summed E-state index contributed by atoms with van der Waals surface area (Å²) in [7, 11) is 0. The van der Waals surface area contributed by atoms with Crippen molar-refractivity contribution < 1.29 is 19.2 Å². The largest absolute Gasteiger partial charge is 0.317 e. The van der Waals surface area contributed by atoms with Crippen LogP contribution in [0.3, 0.4) is 0 Å². The van der Waals surface area contributed by atoms with Gasteiger partial charge in [-0.15, -0.1) is 11.3 Å². The van der Waals surface area contributed by atoms with Gasteiger partial charge in [-0.1, -0.05) is 11.8 Å². The fourth-order valence-corrected chi connectivity index (χ4v) is 3.21. The average Bonchev–Trinajstić information content (AvgIpc) is 3.02. The summed E-state index contributed by atoms with van der Waals surface area (Å²) < 4.78 is 14.1. The van der Waals surface area contributed by atoms with E-state index in [0.29, 0.717) is 16.1 Å². The highest BCUT2D eigenvalue weighted by molar-refractivity contribution is 7.22. The van der Waals surface area contributed by atoms with E-state index in [9.17, 15) is 14.0 Å². The highest BCUT2D eigenvalue weighted by atomic mass is 32.1. The first-order valence-electron chi connectivity index (χ1n) is 7.57. The minimum atomic E-state index is -0.605. The zero-order valence-corrected chi connectivity index (χ0v) is 14.2. The number of hydrogen-bond donors (Lipinski definition) is 3. The molecular formula is C19H13FN2O3S. The van der Waals surface area contributed by atoms with E-state index in [1.165, 1.54) is 35.6 Å². The van der Waals surface area contributed by atoms with Crippen LogP contribution in [0.1, 0.15) is 22.3 Å². The highest BCUT2D eigenvalue weighted by Crippen LogP contribution is 2.30. The van der Waals surface area contributed by atoms with Gasteiger partial charge in [0.25, 0.3) is 5.91 Å². The number of nitrogens with one attached hydrogen (secondary N) is 2. The van der Waals surface area contributed by atoms with E-state index >= 15 is 0 Å². The number of carbonyl (C=O) groups is 2. The highest BCUT2D eigenvalue weighted by Gasteiger charge is 2.06. The molecule has 1 aromatic heterocycles. The van der Waals surface area contributed by atoms with Gasteiger partial charge in [0.1, 0.15) is 5.82 Å². The summed E-state index contributed by atoms with van der Waals surface area (Å²) in [5.41, 5.74) is 2.49. The van der Waals surface area contributed by atoms with Gasteiger partial charge in [-0.2, -0.15) is 0 Å². The Morgan fingerprint density at radius 3 is 2.62 bits per heavy atom. The predicted octanol–water partition coefficient (Wildman–Crippen LogP) is 3.54. The van der Waals surface area contributed by atoms with Crippen LogP contribution in [0.15, 0.2) is 48.5 Å². The van der Waals surface area contributed by atoms with Crippen molar-refractivity contribution in [3.8, 4) is 11.8 Å². The third-order valence-corrected chi connectivity index (χ3v) is 4.50. The van der Waals surface area contributed by atoms with Crippen molar-refractivity contribution in [1.82, 2.24) is 5.48 Å². The summed E-state index contributed by atoms with van der Waals surface area (Å²) in [4.78, 5) is 23.2. The van der Waals surface area contributed by atoms with Gasteiger partial charge in [0.05, 0.1) is 11.4 Å². The quantitative estimate of drug-likeness (QED) is 0.376. The predicted molar refractivity (Wildman–Crippen MR) is 97.6 cm³/mol. The lowest BCUT2D eigenvalue weighted by Crippen LogP contribution is -2.18. The first kappa shape index (κ1) is 17.6. The van der Waals surface area contributed by atoms with Gasteiger partial charge in [0.2, 0.25) is 5.91 Å². The van der Waals surface area contributed by atoms with Crippen molar-refractivity contribution in [2.24, 2.45) is 0 Å². The smallest absolute Gasteiger partial charge is 0.274 e. The monoisotopic (exact) mass is 368 g/mol. The minimum absolute atomic E-state index is 0.00147. The fraction of sp³-hybridized carbons (Fsp3) is 0.0526. The van der Waals surface area contributed by atoms with E-state index in [1.54, 1.807) is 29.7 Å². The van der Waals surface area contributed by atoms with Crippen LogP contribution >= 0.6 is 11.3 Å². The molecule has 3 aromatic rings. The molecule has 0 aliphatic carbocycles. The number of rotatable bonds is 3. The minimum Gasteiger partial charge on any atom is -0.317 e. The molecule has 0 spiro atoms. The Morgan fingerprint density at radius 2 is 1.88 bits per heavy atom. The van der Waals surface area contributed by atoms with Crippen molar-refractivity contribution in [1.29, 1.82) is 0 Å². The maximum Gasteiger partial charge on any atom is 0.274 e. The van der Waals surface area contributed by atoms with E-state index in [-0.39, 0.29) is 18.1 Å². The number of halogens is 1. The SMILES string of the molecule is O=C(CC#Cc1ccc(C(=O)NO)cc1)Nc1cc2cc(F)ccc2s1. The number of amides is 2. The van der Waals surface area contributed by atoms with E-state index in [0.717, 1.165) is 10.1 Å². The van der Waals surface area contributed by atoms with Crippen LogP contribution < -0.4 is 10.8 Å². The van der Waals surface area contributed by atoms with E-state index in [4.69, 9.17) is 5.21 Å². The van der Waals surface area contributed by atoms with Crippen molar-refractivity contribution in [3.05, 3.63) is 65.5 Å². The second-order valence-corrected chi connectivity index (χ2v) is 6.42. The molecule has 2 aromatic carbocycles. The third kappa shape index (κ3) is 4.25. The molecule has 7 heteroatoms. The van der Waals surface area contributed by atoms with Gasteiger partial charge >= 0.3 is 0 Å². The number of carbonyl (C=O) groups excluding carboxylic acids is 2. The molecule has 0 saturated carbocycles. The number of thiophene rings is 1. The van der Waals surface area contributed by atoms with Gasteiger partial charge < -0.3 is 5.32 Å². The molecule has 0 radical (unpaired) electrons. The van der Waals surface area contributed by atoms with Crippen LogP contribution in [-0.4, -0.2) is 17.0 Å². The number of hydrogen-bond acceptors (Lipinski definition) is 4. The molecule has 130 valence electrons. The molecule has 26 heavy (non-hydrogen) atoms. The summed E-state index contributed by atoms with van der Waals surface area (Å²) in [6.07, 6.45) is 0.00147. The summed E-state index contributed by atoms with van der Waals surface area (Å²) >= 11 is 1.37. The Labute approximate surface area is 152 Å². The molecule has 0 saturated heterocycles. The summed E-state index contributed by atoms with van der Waals surface area (Å²) in [6, 6.07) is 12.5. The summed E-state index contributed by atoms with van der Waals surface area (Å²) in [6.45, 7) is 0. The summed E-state index contributed by atoms with van der Waals surface area (Å²) in [5, 5.41) is 12.7. The fourth-order valence-electron chi connectivity index (χ4n) is 2.25. The van der Waals surface area contributed by atoms with Crippen LogP contribution in [0.25, 0.3) is 10.1 Å². The van der Waals surface area contributed by atoms with Gasteiger partial charge in [0, 0.05) is 15.8 Å². The number of hydroxylamine groups is 1. The zero-order chi connectivity index (χ0) is 18.5. The third-order valence-electron chi connectivity index (χ3n) is 3.47. The summed E-state index contributed by atoms with van der Waals surface area (Å²) in [5.74, 6) is 4.40. The molecule has 1 heterocycles. The standard InChI is InChI=1S/C19H13FN2O3S/c20-15-8-9-16-14(10-15)11-18(26-16)21-17(23)3-1-2-12-4-6-13(7-5-12)19(24)22-25/h4-11,25H,3H2,(H,21,23)(H,22,24). The zero-order valence-electron chi connectivity index (χ0n) is 13.4. The first-order valence-corrected chi connectivity index (χ1v) is 8.39. The second kappa shape index (κ2) is 7.78. The number of fused-ring (bicyclic) bond motifs is 1. The van der Waals surface area contributed by atoms with Crippen LogP contribution in [0.5, 0.6) is 0 Å². The van der Waals surface area contributed by atoms with Crippen LogP contribution in [0, 0.1) is 17.7 Å². The molecule has 5 nitrogen and oxygen atoms in total. The maximum absolute atomic E-state index is 13.2. The van der Waals surface area contributed by atoms with Crippen LogP contribution in [-0.2, 0) is 4.79 Å². The Balaban J connectivity index is 1.60. The molecule has 0 unspecified atom stereocenters. The van der Waals surface area contributed by atoms with E-state index < -0.39 is 5.91 Å². The lowest BCUT2D eigenvalue weighted by molar-refractivity contribution is -0.115. The molecule has 0 bridgehead atoms. The number of anilines is 1. The molecule has 3 rings (SSSR count). The van der Waals surface area contributed by atoms with Crippen molar-refractivity contribution in [2.75, 3.05) is 5.32 Å². The maximum atomic E-state index is 13.2. The lowest BCUT2D eigenvalue weighted by atomic mass is 10.1. The van der Waals surface area contributed by atoms with Crippen molar-refractivity contribution in [3.63, 3.8) is 0 Å². The molecule has 2 amide bonds. The Hall–Kier alpha value is -3.21. The Morgan fingerprint density at radius 1 is 1.12 bits per heavy atom. The van der Waals surface area contributed by atoms with Gasteiger partial charge in [0.15, 0.2) is 0 Å². The normalized spacial score (nSPS) is 10.1. The second-order valence-electron chi connectivity index (χ2n) is 5.34. The molecule has 0 atom stereocenters. The van der Waals surface area contributed by atoms with Crippen molar-refractivity contribution in [2.45, 2.75) is 6.42 Å². The van der Waals surface area contributed by atoms with E-state index in [1.807, 2.05) is 0 Å². The topological polar surface area (TPSA) is 78.4 Å². The molecule has 0 fully saturated rings. The van der Waals surface area contributed by atoms with Gasteiger partial charge in [-0.05, 0) is 53.9 Å². The molecule has 0 aliphatic rings. The van der Waals surface area contributed by atoms with Crippen molar-refractivity contribution >= 4 is 38.2 Å². The Bertz CT molecular complexity index is 1030. The van der Waals surface area contributed by atoms with Crippen LogP contribution in [0.2, 0.25) is 0 Å². The molecule has 0 aliphatic heterocycles. The number of benzene rings is 2. The molecule has 3 N–H and O–H groups in total. The average molecular weight is 368 g/mol. The Kier molecular flexibility index (Phi) is 5.27. The first-order chi connectivity index (χ1) is 12.5. The lowest BCUT2D eigenvalue weighted by Gasteiger charge is -1.98. The van der Waals surface area contributed by atoms with Gasteiger partial charge in [-0.3, -0.25) is 14.8 Å².